The second-order valence-corrected chi connectivity index (χ2v) is 8.83. The molecule has 0 aromatic heterocycles. The van der Waals surface area contributed by atoms with Crippen LogP contribution in [0.4, 0.5) is 4.39 Å². The molecule has 1 fully saturated rings. The van der Waals surface area contributed by atoms with Gasteiger partial charge in [0.2, 0.25) is 15.9 Å². The van der Waals surface area contributed by atoms with Gasteiger partial charge in [-0.2, -0.15) is 4.31 Å². The average molecular weight is 381 g/mol. The van der Waals surface area contributed by atoms with Gasteiger partial charge in [0, 0.05) is 32.2 Å². The van der Waals surface area contributed by atoms with Crippen LogP contribution in [-0.4, -0.2) is 61.5 Å². The Labute approximate surface area is 153 Å². The summed E-state index contributed by atoms with van der Waals surface area (Å²) in [5.41, 5.74) is 0.937. The van der Waals surface area contributed by atoms with E-state index in [9.17, 15) is 17.6 Å². The van der Waals surface area contributed by atoms with Gasteiger partial charge in [-0.3, -0.25) is 9.69 Å². The molecule has 0 radical (unpaired) electrons. The fraction of sp³-hybridized carbons (Fsp3) is 0.500. The number of likely N-dealkylation sites (tertiary alicyclic amines) is 1. The monoisotopic (exact) mass is 381 g/mol. The SMILES string of the molecule is CS(=O)(=O)N1CC=C[C@@H]1C(=O)NC1CCN(Cc2cccc(F)c2)CC1. The molecule has 8 heteroatoms. The first-order chi connectivity index (χ1) is 12.3. The number of carbonyl (C=O) groups is 1. The van der Waals surface area contributed by atoms with Crippen LogP contribution in [0.2, 0.25) is 0 Å². The largest absolute Gasteiger partial charge is 0.352 e. The molecule has 1 saturated heterocycles. The lowest BCUT2D eigenvalue weighted by molar-refractivity contribution is -0.124. The highest BCUT2D eigenvalue weighted by atomic mass is 32.2. The van der Waals surface area contributed by atoms with Crippen molar-refractivity contribution in [1.29, 1.82) is 0 Å². The Morgan fingerprint density at radius 1 is 1.31 bits per heavy atom. The van der Waals surface area contributed by atoms with Crippen LogP contribution < -0.4 is 5.32 Å². The quantitative estimate of drug-likeness (QED) is 0.776. The standard InChI is InChI=1S/C18H24FN3O3S/c1-26(24,25)22-9-3-6-17(22)18(23)20-16-7-10-21(11-8-16)13-14-4-2-5-15(19)12-14/h2-6,12,16-17H,7-11,13H2,1H3,(H,20,23)/t17-/m1/s1. The van der Waals surface area contributed by atoms with Gasteiger partial charge in [0.1, 0.15) is 11.9 Å². The molecule has 1 N–H and O–H groups in total. The van der Waals surface area contributed by atoms with Gasteiger partial charge in [-0.15, -0.1) is 0 Å². The maximum absolute atomic E-state index is 13.3. The van der Waals surface area contributed by atoms with Crippen molar-refractivity contribution in [2.45, 2.75) is 31.5 Å². The third-order valence-corrected chi connectivity index (χ3v) is 6.07. The van der Waals surface area contributed by atoms with Crippen LogP contribution in [-0.2, 0) is 21.4 Å². The van der Waals surface area contributed by atoms with Gasteiger partial charge >= 0.3 is 0 Å². The molecule has 142 valence electrons. The molecule has 1 amide bonds. The van der Waals surface area contributed by atoms with Crippen LogP contribution in [0.3, 0.4) is 0 Å². The van der Waals surface area contributed by atoms with Crippen molar-refractivity contribution in [3.05, 3.63) is 47.8 Å². The summed E-state index contributed by atoms with van der Waals surface area (Å²) < 4.78 is 38.0. The Balaban J connectivity index is 1.49. The van der Waals surface area contributed by atoms with E-state index in [2.05, 4.69) is 10.2 Å². The van der Waals surface area contributed by atoms with Crippen molar-refractivity contribution in [3.8, 4) is 0 Å². The van der Waals surface area contributed by atoms with Crippen molar-refractivity contribution < 1.29 is 17.6 Å². The van der Waals surface area contributed by atoms with Crippen molar-refractivity contribution >= 4 is 15.9 Å². The molecule has 0 unspecified atom stereocenters. The van der Waals surface area contributed by atoms with Crippen molar-refractivity contribution in [1.82, 2.24) is 14.5 Å². The predicted molar refractivity (Wildman–Crippen MR) is 97.3 cm³/mol. The molecule has 3 rings (SSSR count). The summed E-state index contributed by atoms with van der Waals surface area (Å²) in [5, 5.41) is 2.97. The number of nitrogens with one attached hydrogen (secondary N) is 1. The molecule has 1 atom stereocenters. The lowest BCUT2D eigenvalue weighted by Crippen LogP contribution is -2.51. The van der Waals surface area contributed by atoms with Gasteiger partial charge in [-0.1, -0.05) is 24.3 Å². The molecule has 1 aromatic carbocycles. The summed E-state index contributed by atoms with van der Waals surface area (Å²) in [4.78, 5) is 14.7. The zero-order valence-corrected chi connectivity index (χ0v) is 15.6. The topological polar surface area (TPSA) is 69.7 Å². The number of hydrogen-bond acceptors (Lipinski definition) is 4. The maximum atomic E-state index is 13.3. The lowest BCUT2D eigenvalue weighted by Gasteiger charge is -2.33. The van der Waals surface area contributed by atoms with Crippen molar-refractivity contribution in [2.75, 3.05) is 25.9 Å². The molecule has 6 nitrogen and oxygen atoms in total. The van der Waals surface area contributed by atoms with E-state index in [1.165, 1.54) is 10.4 Å². The van der Waals surface area contributed by atoms with E-state index in [1.54, 1.807) is 24.3 Å². The predicted octanol–water partition coefficient (Wildman–Crippen LogP) is 1.11. The molecular weight excluding hydrogens is 357 g/mol. The van der Waals surface area contributed by atoms with Gasteiger partial charge in [0.25, 0.3) is 0 Å². The molecule has 0 spiro atoms. The van der Waals surface area contributed by atoms with E-state index in [0.717, 1.165) is 37.8 Å². The van der Waals surface area contributed by atoms with E-state index in [0.29, 0.717) is 6.54 Å². The Morgan fingerprint density at radius 2 is 2.04 bits per heavy atom. The molecular formula is C18H24FN3O3S. The minimum absolute atomic E-state index is 0.0293. The fourth-order valence-electron chi connectivity index (χ4n) is 3.48. The first kappa shape index (κ1) is 19.0. The molecule has 2 aliphatic heterocycles. The smallest absolute Gasteiger partial charge is 0.242 e. The summed E-state index contributed by atoms with van der Waals surface area (Å²) in [6, 6.07) is 5.86. The Kier molecular flexibility index (Phi) is 5.74. The highest BCUT2D eigenvalue weighted by Crippen LogP contribution is 2.17. The van der Waals surface area contributed by atoms with E-state index in [-0.39, 0.29) is 24.3 Å². The number of hydrogen-bond donors (Lipinski definition) is 1. The van der Waals surface area contributed by atoms with Gasteiger partial charge in [0.05, 0.1) is 6.26 Å². The number of amides is 1. The second kappa shape index (κ2) is 7.85. The molecule has 1 aromatic rings. The molecule has 0 saturated carbocycles. The molecule has 0 aliphatic carbocycles. The van der Waals surface area contributed by atoms with Gasteiger partial charge in [-0.05, 0) is 30.5 Å². The first-order valence-corrected chi connectivity index (χ1v) is 10.6. The fourth-order valence-corrected chi connectivity index (χ4v) is 4.41. The number of sulfonamides is 1. The number of nitrogens with zero attached hydrogens (tertiary/aromatic N) is 2. The van der Waals surface area contributed by atoms with Crippen LogP contribution in [0, 0.1) is 5.82 Å². The van der Waals surface area contributed by atoms with Crippen molar-refractivity contribution in [3.63, 3.8) is 0 Å². The summed E-state index contributed by atoms with van der Waals surface area (Å²) >= 11 is 0. The molecule has 0 bridgehead atoms. The van der Waals surface area contributed by atoms with E-state index in [4.69, 9.17) is 0 Å². The number of carbonyl (C=O) groups excluding carboxylic acids is 1. The zero-order valence-electron chi connectivity index (χ0n) is 14.8. The second-order valence-electron chi connectivity index (χ2n) is 6.89. The Morgan fingerprint density at radius 3 is 2.69 bits per heavy atom. The van der Waals surface area contributed by atoms with Crippen LogP contribution in [0.25, 0.3) is 0 Å². The highest BCUT2D eigenvalue weighted by molar-refractivity contribution is 7.88. The number of rotatable bonds is 5. The van der Waals surface area contributed by atoms with E-state index >= 15 is 0 Å². The van der Waals surface area contributed by atoms with Gasteiger partial charge in [-0.25, -0.2) is 12.8 Å². The first-order valence-electron chi connectivity index (χ1n) is 8.73. The molecule has 2 heterocycles. The number of halogens is 1. The van der Waals surface area contributed by atoms with E-state index < -0.39 is 16.1 Å². The van der Waals surface area contributed by atoms with Crippen LogP contribution in [0.15, 0.2) is 36.4 Å². The summed E-state index contributed by atoms with van der Waals surface area (Å²) in [6.45, 7) is 2.53. The maximum Gasteiger partial charge on any atom is 0.242 e. The van der Waals surface area contributed by atoms with Crippen LogP contribution >= 0.6 is 0 Å². The molecule has 26 heavy (non-hydrogen) atoms. The zero-order chi connectivity index (χ0) is 18.7. The Bertz CT molecular complexity index is 789. The normalized spacial score (nSPS) is 22.6. The van der Waals surface area contributed by atoms with Crippen LogP contribution in [0.5, 0.6) is 0 Å². The van der Waals surface area contributed by atoms with E-state index in [1.807, 2.05) is 6.07 Å². The minimum atomic E-state index is -3.41. The summed E-state index contributed by atoms with van der Waals surface area (Å²) in [5.74, 6) is -0.502. The summed E-state index contributed by atoms with van der Waals surface area (Å²) in [6.07, 6.45) is 6.03. The van der Waals surface area contributed by atoms with Gasteiger partial charge < -0.3 is 5.32 Å². The summed E-state index contributed by atoms with van der Waals surface area (Å²) in [7, 11) is -3.41. The minimum Gasteiger partial charge on any atom is -0.352 e. The average Bonchev–Trinajstić information content (AvgIpc) is 3.07. The lowest BCUT2D eigenvalue weighted by atomic mass is 10.0. The number of piperidine rings is 1. The number of benzene rings is 1. The third-order valence-electron chi connectivity index (χ3n) is 4.84. The molecule has 2 aliphatic rings. The van der Waals surface area contributed by atoms with Crippen LogP contribution in [0.1, 0.15) is 18.4 Å². The third kappa shape index (κ3) is 4.69. The Hall–Kier alpha value is -1.77. The van der Waals surface area contributed by atoms with Gasteiger partial charge in [0.15, 0.2) is 0 Å². The highest BCUT2D eigenvalue weighted by Gasteiger charge is 2.34. The van der Waals surface area contributed by atoms with Crippen molar-refractivity contribution in [2.24, 2.45) is 0 Å².